The van der Waals surface area contributed by atoms with Crippen LogP contribution in [0.25, 0.3) is 0 Å². The Labute approximate surface area is 97.1 Å². The fourth-order valence-electron chi connectivity index (χ4n) is 1.05. The Kier molecular flexibility index (Phi) is 6.17. The molecule has 0 aromatic carbocycles. The molecule has 0 saturated heterocycles. The van der Waals surface area contributed by atoms with Gasteiger partial charge in [0.25, 0.3) is 0 Å². The van der Waals surface area contributed by atoms with Gasteiger partial charge in [0.1, 0.15) is 15.6 Å². The van der Waals surface area contributed by atoms with Crippen molar-refractivity contribution in [3.8, 4) is 0 Å². The van der Waals surface area contributed by atoms with Crippen molar-refractivity contribution >= 4 is 25.5 Å². The smallest absolute Gasteiger partial charge is 0.151 e. The molecular weight excluding hydrogens is 252 g/mol. The highest BCUT2D eigenvalue weighted by Crippen LogP contribution is 2.01. The number of rotatable bonds is 8. The van der Waals surface area contributed by atoms with Gasteiger partial charge in [0, 0.05) is 19.1 Å². The highest BCUT2D eigenvalue weighted by atomic mass is 32.2. The summed E-state index contributed by atoms with van der Waals surface area (Å²) < 4.78 is 44.3. The molecule has 0 spiro atoms. The summed E-state index contributed by atoms with van der Waals surface area (Å²) >= 11 is 0. The van der Waals surface area contributed by atoms with Crippen LogP contribution in [-0.2, 0) is 24.5 Å². The summed E-state index contributed by atoms with van der Waals surface area (Å²) in [6.45, 7) is 1.72. The van der Waals surface area contributed by atoms with Gasteiger partial charge in [-0.15, -0.1) is 0 Å². The maximum atomic E-state index is 11.4. The van der Waals surface area contributed by atoms with Crippen LogP contribution in [0.4, 0.5) is 0 Å². The average Bonchev–Trinajstić information content (AvgIpc) is 2.13. The zero-order valence-corrected chi connectivity index (χ0v) is 11.2. The second-order valence-electron chi connectivity index (χ2n) is 3.78. The molecule has 0 aliphatic carbocycles. The number of ketones is 1. The van der Waals surface area contributed by atoms with Crippen LogP contribution in [0, 0.1) is 0 Å². The van der Waals surface area contributed by atoms with Crippen molar-refractivity contribution in [3.05, 3.63) is 0 Å². The van der Waals surface area contributed by atoms with Crippen LogP contribution in [0.5, 0.6) is 0 Å². The number of carbonyl (C=O) groups excluding carboxylic acids is 1. The monoisotopic (exact) mass is 270 g/mol. The third kappa shape index (κ3) is 8.84. The summed E-state index contributed by atoms with van der Waals surface area (Å²) in [5.41, 5.74) is 0. The fraction of sp³-hybridized carbons (Fsp3) is 0.889. The first kappa shape index (κ1) is 15.6. The molecule has 0 aromatic rings. The molecule has 7 heteroatoms. The Morgan fingerprint density at radius 1 is 1.00 bits per heavy atom. The third-order valence-corrected chi connectivity index (χ3v) is 5.01. The maximum absolute atomic E-state index is 11.4. The van der Waals surface area contributed by atoms with E-state index in [1.807, 2.05) is 0 Å². The molecule has 96 valence electrons. The molecule has 0 atom stereocenters. The van der Waals surface area contributed by atoms with Crippen LogP contribution in [0.2, 0.25) is 0 Å². The van der Waals surface area contributed by atoms with E-state index in [2.05, 4.69) is 0 Å². The molecule has 0 bridgehead atoms. The SMILES string of the molecule is CCC(=O)CCCS(=O)(=O)CCS(C)(=O)=O. The molecule has 0 fully saturated rings. The van der Waals surface area contributed by atoms with E-state index in [9.17, 15) is 21.6 Å². The maximum Gasteiger partial charge on any atom is 0.151 e. The van der Waals surface area contributed by atoms with Gasteiger partial charge in [-0.3, -0.25) is 4.79 Å². The highest BCUT2D eigenvalue weighted by molar-refractivity contribution is 7.94. The predicted octanol–water partition coefficient (Wildman–Crippen LogP) is 0.205. The molecule has 16 heavy (non-hydrogen) atoms. The van der Waals surface area contributed by atoms with Gasteiger partial charge in [-0.05, 0) is 6.42 Å². The molecule has 0 radical (unpaired) electrons. The van der Waals surface area contributed by atoms with E-state index in [1.165, 1.54) is 0 Å². The minimum absolute atomic E-state index is 0.0262. The molecule has 0 aromatic heterocycles. The van der Waals surface area contributed by atoms with E-state index in [-0.39, 0.29) is 35.9 Å². The molecule has 0 rings (SSSR count). The molecule has 0 aliphatic heterocycles. The van der Waals surface area contributed by atoms with E-state index < -0.39 is 19.7 Å². The molecule has 0 amide bonds. The van der Waals surface area contributed by atoms with Gasteiger partial charge in [0.15, 0.2) is 9.84 Å². The van der Waals surface area contributed by atoms with E-state index in [4.69, 9.17) is 0 Å². The second kappa shape index (κ2) is 6.34. The second-order valence-corrected chi connectivity index (χ2v) is 8.34. The third-order valence-electron chi connectivity index (χ3n) is 2.07. The normalized spacial score (nSPS) is 12.6. The molecule has 0 aliphatic rings. The van der Waals surface area contributed by atoms with Gasteiger partial charge in [-0.2, -0.15) is 0 Å². The Balaban J connectivity index is 4.03. The van der Waals surface area contributed by atoms with Gasteiger partial charge < -0.3 is 0 Å². The fourth-order valence-corrected chi connectivity index (χ4v) is 4.06. The summed E-state index contributed by atoms with van der Waals surface area (Å²) in [6.07, 6.45) is 1.93. The van der Waals surface area contributed by atoms with Crippen molar-refractivity contribution < 1.29 is 21.6 Å². The predicted molar refractivity (Wildman–Crippen MR) is 62.9 cm³/mol. The summed E-state index contributed by atoms with van der Waals surface area (Å²) in [4.78, 5) is 10.9. The summed E-state index contributed by atoms with van der Waals surface area (Å²) in [5.74, 6) is -0.796. The lowest BCUT2D eigenvalue weighted by Crippen LogP contribution is -2.19. The van der Waals surface area contributed by atoms with Crippen LogP contribution < -0.4 is 0 Å². The Morgan fingerprint density at radius 3 is 2.00 bits per heavy atom. The zero-order valence-electron chi connectivity index (χ0n) is 9.60. The molecule has 0 heterocycles. The molecule has 5 nitrogen and oxygen atoms in total. The topological polar surface area (TPSA) is 85.3 Å². The number of sulfone groups is 2. The van der Waals surface area contributed by atoms with Crippen LogP contribution in [0.3, 0.4) is 0 Å². The van der Waals surface area contributed by atoms with Crippen molar-refractivity contribution in [2.45, 2.75) is 26.2 Å². The van der Waals surface area contributed by atoms with Gasteiger partial charge >= 0.3 is 0 Å². The minimum Gasteiger partial charge on any atom is -0.300 e. The number of carbonyl (C=O) groups is 1. The Bertz CT molecular complexity index is 419. The van der Waals surface area contributed by atoms with Gasteiger partial charge in [-0.25, -0.2) is 16.8 Å². The standard InChI is InChI=1S/C9H18O5S2/c1-3-9(10)5-4-6-16(13,14)8-7-15(2,11)12/h3-8H2,1-2H3. The van der Waals surface area contributed by atoms with Crippen LogP contribution in [0.1, 0.15) is 26.2 Å². The Hall–Kier alpha value is -0.430. The lowest BCUT2D eigenvalue weighted by Gasteiger charge is -2.02. The molecule has 0 unspecified atom stereocenters. The first-order valence-electron chi connectivity index (χ1n) is 5.06. The average molecular weight is 270 g/mol. The van der Waals surface area contributed by atoms with Crippen molar-refractivity contribution in [1.29, 1.82) is 0 Å². The first-order valence-corrected chi connectivity index (χ1v) is 8.94. The van der Waals surface area contributed by atoms with Gasteiger partial charge in [0.05, 0.1) is 17.3 Å². The highest BCUT2D eigenvalue weighted by Gasteiger charge is 2.14. The van der Waals surface area contributed by atoms with Crippen LogP contribution >= 0.6 is 0 Å². The summed E-state index contributed by atoms with van der Waals surface area (Å²) in [6, 6.07) is 0. The minimum atomic E-state index is -3.35. The van der Waals surface area contributed by atoms with Crippen molar-refractivity contribution in [3.63, 3.8) is 0 Å². The van der Waals surface area contributed by atoms with E-state index in [0.717, 1.165) is 6.26 Å². The Morgan fingerprint density at radius 2 is 1.56 bits per heavy atom. The molecular formula is C9H18O5S2. The molecule has 0 N–H and O–H groups in total. The van der Waals surface area contributed by atoms with Gasteiger partial charge in [0.2, 0.25) is 0 Å². The lowest BCUT2D eigenvalue weighted by molar-refractivity contribution is -0.118. The van der Waals surface area contributed by atoms with E-state index in [0.29, 0.717) is 6.42 Å². The number of hydrogen-bond acceptors (Lipinski definition) is 5. The van der Waals surface area contributed by atoms with Crippen molar-refractivity contribution in [2.24, 2.45) is 0 Å². The lowest BCUT2D eigenvalue weighted by atomic mass is 10.2. The van der Waals surface area contributed by atoms with Crippen molar-refractivity contribution in [2.75, 3.05) is 23.5 Å². The summed E-state index contributed by atoms with van der Waals surface area (Å²) in [7, 11) is -6.60. The quantitative estimate of drug-likeness (QED) is 0.629. The van der Waals surface area contributed by atoms with Crippen LogP contribution in [-0.4, -0.2) is 46.1 Å². The zero-order chi connectivity index (χ0) is 12.8. The van der Waals surface area contributed by atoms with E-state index in [1.54, 1.807) is 6.92 Å². The van der Waals surface area contributed by atoms with E-state index >= 15 is 0 Å². The van der Waals surface area contributed by atoms with Crippen molar-refractivity contribution in [1.82, 2.24) is 0 Å². The number of hydrogen-bond donors (Lipinski definition) is 0. The van der Waals surface area contributed by atoms with Crippen LogP contribution in [0.15, 0.2) is 0 Å². The largest absolute Gasteiger partial charge is 0.300 e. The molecule has 0 saturated carbocycles. The first-order chi connectivity index (χ1) is 7.16. The summed E-state index contributed by atoms with van der Waals surface area (Å²) in [5, 5.41) is 0. The number of Topliss-reactive ketones (excluding diaryl/α,β-unsaturated/α-hetero) is 1. The van der Waals surface area contributed by atoms with Gasteiger partial charge in [-0.1, -0.05) is 6.92 Å².